The standard InChI is InChI=1S/C24H27N5O3S/c1-5-14-29-22(17(3)25-23(31)18-8-12-20(32-4)13-9-18)27-28-24(29)33-15-21(30)26-19-10-6-16(2)7-11-19/h5-13,17H,1,14-15H2,2-4H3,(H,25,31)(H,26,30)/t17-/m0/s1. The monoisotopic (exact) mass is 465 g/mol. The minimum Gasteiger partial charge on any atom is -0.497 e. The van der Waals surface area contributed by atoms with Crippen LogP contribution >= 0.6 is 11.8 Å². The van der Waals surface area contributed by atoms with Crippen molar-refractivity contribution in [2.45, 2.75) is 31.6 Å². The molecule has 0 unspecified atom stereocenters. The van der Waals surface area contributed by atoms with Gasteiger partial charge in [-0.15, -0.1) is 16.8 Å². The third kappa shape index (κ3) is 6.45. The highest BCUT2D eigenvalue weighted by Crippen LogP contribution is 2.22. The number of anilines is 1. The normalized spacial score (nSPS) is 11.5. The SMILES string of the molecule is C=CCn1c(SCC(=O)Nc2ccc(C)cc2)nnc1[C@H](C)NC(=O)c1ccc(OC)cc1. The van der Waals surface area contributed by atoms with Crippen LogP contribution < -0.4 is 15.4 Å². The number of allylic oxidation sites excluding steroid dienone is 1. The molecule has 1 heterocycles. The minimum atomic E-state index is -0.400. The second-order valence-electron chi connectivity index (χ2n) is 7.37. The van der Waals surface area contributed by atoms with Gasteiger partial charge in [-0.25, -0.2) is 0 Å². The summed E-state index contributed by atoms with van der Waals surface area (Å²) in [4.78, 5) is 25.0. The topological polar surface area (TPSA) is 98.1 Å². The first-order chi connectivity index (χ1) is 15.9. The average molecular weight is 466 g/mol. The summed E-state index contributed by atoms with van der Waals surface area (Å²) >= 11 is 1.28. The van der Waals surface area contributed by atoms with Crippen LogP contribution in [-0.4, -0.2) is 39.4 Å². The molecule has 3 rings (SSSR count). The maximum absolute atomic E-state index is 12.6. The van der Waals surface area contributed by atoms with Crippen molar-refractivity contribution < 1.29 is 14.3 Å². The number of hydrogen-bond acceptors (Lipinski definition) is 6. The quantitative estimate of drug-likeness (QED) is 0.347. The molecule has 0 aliphatic carbocycles. The van der Waals surface area contributed by atoms with E-state index in [0.717, 1.165) is 11.3 Å². The number of carbonyl (C=O) groups is 2. The average Bonchev–Trinajstić information content (AvgIpc) is 3.22. The number of benzene rings is 2. The Morgan fingerprint density at radius 3 is 2.48 bits per heavy atom. The van der Waals surface area contributed by atoms with E-state index in [1.54, 1.807) is 37.5 Å². The van der Waals surface area contributed by atoms with Crippen molar-refractivity contribution in [2.75, 3.05) is 18.2 Å². The number of amides is 2. The largest absolute Gasteiger partial charge is 0.497 e. The Balaban J connectivity index is 1.64. The number of nitrogens with zero attached hydrogens (tertiary/aromatic N) is 3. The maximum Gasteiger partial charge on any atom is 0.251 e. The lowest BCUT2D eigenvalue weighted by molar-refractivity contribution is -0.113. The predicted molar refractivity (Wildman–Crippen MR) is 130 cm³/mol. The van der Waals surface area contributed by atoms with E-state index in [1.165, 1.54) is 11.8 Å². The number of hydrogen-bond donors (Lipinski definition) is 2. The number of aromatic nitrogens is 3. The first-order valence-electron chi connectivity index (χ1n) is 10.4. The molecule has 0 fully saturated rings. The van der Waals surface area contributed by atoms with E-state index >= 15 is 0 Å². The Morgan fingerprint density at radius 2 is 1.85 bits per heavy atom. The molecule has 0 bridgehead atoms. The number of carbonyl (C=O) groups excluding carboxylic acids is 2. The summed E-state index contributed by atoms with van der Waals surface area (Å²) in [6, 6.07) is 14.1. The van der Waals surface area contributed by atoms with Gasteiger partial charge in [-0.05, 0) is 50.2 Å². The van der Waals surface area contributed by atoms with Gasteiger partial charge in [0.2, 0.25) is 5.91 Å². The molecule has 2 N–H and O–H groups in total. The van der Waals surface area contributed by atoms with Crippen molar-refractivity contribution in [3.63, 3.8) is 0 Å². The zero-order valence-electron chi connectivity index (χ0n) is 18.9. The van der Waals surface area contributed by atoms with Gasteiger partial charge >= 0.3 is 0 Å². The molecule has 0 aliphatic heterocycles. The lowest BCUT2D eigenvalue weighted by Gasteiger charge is -2.15. The van der Waals surface area contributed by atoms with E-state index in [1.807, 2.05) is 42.7 Å². The summed E-state index contributed by atoms with van der Waals surface area (Å²) in [6.07, 6.45) is 1.72. The fraction of sp³-hybridized carbons (Fsp3) is 0.250. The van der Waals surface area contributed by atoms with E-state index in [-0.39, 0.29) is 17.6 Å². The second kappa shape index (κ2) is 11.3. The molecule has 3 aromatic rings. The summed E-state index contributed by atoms with van der Waals surface area (Å²) in [5.41, 5.74) is 2.38. The van der Waals surface area contributed by atoms with Gasteiger partial charge in [0.25, 0.3) is 5.91 Å². The molecule has 0 spiro atoms. The smallest absolute Gasteiger partial charge is 0.251 e. The minimum absolute atomic E-state index is 0.139. The van der Waals surface area contributed by atoms with Crippen LogP contribution in [-0.2, 0) is 11.3 Å². The Bertz CT molecular complexity index is 1110. The third-order valence-corrected chi connectivity index (χ3v) is 5.78. The summed E-state index contributed by atoms with van der Waals surface area (Å²) in [5, 5.41) is 14.9. The Morgan fingerprint density at radius 1 is 1.15 bits per heavy atom. The molecular formula is C24H27N5O3S. The molecule has 1 aromatic heterocycles. The molecule has 33 heavy (non-hydrogen) atoms. The molecule has 9 heteroatoms. The van der Waals surface area contributed by atoms with Crippen molar-refractivity contribution in [3.05, 3.63) is 78.1 Å². The summed E-state index contributed by atoms with van der Waals surface area (Å²) in [7, 11) is 1.57. The molecule has 172 valence electrons. The van der Waals surface area contributed by atoms with Gasteiger partial charge in [0.15, 0.2) is 11.0 Å². The Kier molecular flexibility index (Phi) is 8.26. The molecule has 8 nitrogen and oxygen atoms in total. The van der Waals surface area contributed by atoms with Gasteiger partial charge in [0.05, 0.1) is 18.9 Å². The molecule has 0 aliphatic rings. The van der Waals surface area contributed by atoms with Crippen LogP contribution in [0.4, 0.5) is 5.69 Å². The second-order valence-corrected chi connectivity index (χ2v) is 8.31. The Labute approximate surface area is 197 Å². The first-order valence-corrected chi connectivity index (χ1v) is 11.4. The Hall–Kier alpha value is -3.59. The summed E-state index contributed by atoms with van der Waals surface area (Å²) in [6.45, 7) is 8.08. The van der Waals surface area contributed by atoms with Gasteiger partial charge in [0, 0.05) is 17.8 Å². The van der Waals surface area contributed by atoms with Crippen molar-refractivity contribution in [1.29, 1.82) is 0 Å². The molecule has 0 saturated carbocycles. The van der Waals surface area contributed by atoms with E-state index in [2.05, 4.69) is 27.4 Å². The molecule has 2 amide bonds. The molecule has 0 radical (unpaired) electrons. The summed E-state index contributed by atoms with van der Waals surface area (Å²) in [5.74, 6) is 1.07. The van der Waals surface area contributed by atoms with E-state index in [4.69, 9.17) is 4.74 Å². The number of nitrogens with one attached hydrogen (secondary N) is 2. The zero-order chi connectivity index (χ0) is 23.8. The molecule has 1 atom stereocenters. The van der Waals surface area contributed by atoms with Gasteiger partial charge in [-0.1, -0.05) is 35.5 Å². The fourth-order valence-corrected chi connectivity index (χ4v) is 3.83. The van der Waals surface area contributed by atoms with Gasteiger partial charge in [-0.3, -0.25) is 9.59 Å². The predicted octanol–water partition coefficient (Wildman–Crippen LogP) is 4.00. The van der Waals surface area contributed by atoms with Gasteiger partial charge < -0.3 is 19.9 Å². The highest BCUT2D eigenvalue weighted by Gasteiger charge is 2.20. The van der Waals surface area contributed by atoms with Crippen LogP contribution in [0.5, 0.6) is 5.75 Å². The van der Waals surface area contributed by atoms with E-state index in [0.29, 0.717) is 28.8 Å². The van der Waals surface area contributed by atoms with Crippen molar-refractivity contribution in [1.82, 2.24) is 20.1 Å². The zero-order valence-corrected chi connectivity index (χ0v) is 19.7. The van der Waals surface area contributed by atoms with Crippen LogP contribution in [0.2, 0.25) is 0 Å². The molecule has 2 aromatic carbocycles. The van der Waals surface area contributed by atoms with E-state index in [9.17, 15) is 9.59 Å². The highest BCUT2D eigenvalue weighted by molar-refractivity contribution is 7.99. The van der Waals surface area contributed by atoms with Crippen LogP contribution in [0.1, 0.15) is 34.7 Å². The highest BCUT2D eigenvalue weighted by atomic mass is 32.2. The lowest BCUT2D eigenvalue weighted by atomic mass is 10.2. The molecule has 0 saturated heterocycles. The number of aryl methyl sites for hydroxylation is 1. The van der Waals surface area contributed by atoms with Crippen molar-refractivity contribution >= 4 is 29.3 Å². The maximum atomic E-state index is 12.6. The van der Waals surface area contributed by atoms with Gasteiger partial charge in [0.1, 0.15) is 5.75 Å². The number of rotatable bonds is 10. The van der Waals surface area contributed by atoms with Crippen LogP contribution in [0.25, 0.3) is 0 Å². The van der Waals surface area contributed by atoms with Crippen molar-refractivity contribution in [3.8, 4) is 5.75 Å². The van der Waals surface area contributed by atoms with Crippen LogP contribution in [0.15, 0.2) is 66.3 Å². The van der Waals surface area contributed by atoms with Gasteiger partial charge in [-0.2, -0.15) is 0 Å². The number of methoxy groups -OCH3 is 1. The first kappa shape index (κ1) is 24.1. The fourth-order valence-electron chi connectivity index (χ4n) is 3.08. The number of thioether (sulfide) groups is 1. The van der Waals surface area contributed by atoms with Crippen LogP contribution in [0, 0.1) is 6.92 Å². The van der Waals surface area contributed by atoms with E-state index < -0.39 is 6.04 Å². The van der Waals surface area contributed by atoms with Crippen molar-refractivity contribution in [2.24, 2.45) is 0 Å². The summed E-state index contributed by atoms with van der Waals surface area (Å²) < 4.78 is 6.97. The lowest BCUT2D eigenvalue weighted by Crippen LogP contribution is -2.28. The molecular weight excluding hydrogens is 438 g/mol. The third-order valence-electron chi connectivity index (χ3n) is 4.81. The number of ether oxygens (including phenoxy) is 1. The van der Waals surface area contributed by atoms with Crippen LogP contribution in [0.3, 0.4) is 0 Å².